The predicted octanol–water partition coefficient (Wildman–Crippen LogP) is 2.06. The monoisotopic (exact) mass is 278 g/mol. The third-order valence-electron chi connectivity index (χ3n) is 4.53. The number of piperazine rings is 1. The number of hydrogen-bond donors (Lipinski definition) is 1. The molecule has 2 atom stereocenters. The fourth-order valence-corrected chi connectivity index (χ4v) is 3.10. The molecule has 1 fully saturated rings. The maximum absolute atomic E-state index is 4.45. The zero-order valence-corrected chi connectivity index (χ0v) is 13.5. The van der Waals surface area contributed by atoms with Gasteiger partial charge in [0.1, 0.15) is 5.82 Å². The van der Waals surface area contributed by atoms with Crippen molar-refractivity contribution in [2.75, 3.05) is 19.6 Å². The maximum Gasteiger partial charge on any atom is 0.109 e. The van der Waals surface area contributed by atoms with Gasteiger partial charge in [-0.2, -0.15) is 0 Å². The summed E-state index contributed by atoms with van der Waals surface area (Å²) in [6.45, 7) is 10.3. The lowest BCUT2D eigenvalue weighted by Gasteiger charge is -2.42. The molecule has 2 unspecified atom stereocenters. The minimum absolute atomic E-state index is 0.629. The molecule has 4 nitrogen and oxygen atoms in total. The van der Waals surface area contributed by atoms with Gasteiger partial charge in [0.25, 0.3) is 0 Å². The van der Waals surface area contributed by atoms with Gasteiger partial charge in [-0.1, -0.05) is 27.2 Å². The fraction of sp³-hybridized carbons (Fsp3) is 0.812. The largest absolute Gasteiger partial charge is 0.338 e. The summed E-state index contributed by atoms with van der Waals surface area (Å²) in [6.07, 6.45) is 7.53. The van der Waals surface area contributed by atoms with Crippen molar-refractivity contribution in [2.24, 2.45) is 13.0 Å². The van der Waals surface area contributed by atoms with Crippen LogP contribution in [0.25, 0.3) is 0 Å². The molecule has 1 N–H and O–H groups in total. The van der Waals surface area contributed by atoms with Gasteiger partial charge in [-0.15, -0.1) is 0 Å². The third-order valence-corrected chi connectivity index (χ3v) is 4.53. The highest BCUT2D eigenvalue weighted by molar-refractivity contribution is 4.94. The second-order valence-corrected chi connectivity index (χ2v) is 6.40. The van der Waals surface area contributed by atoms with Crippen molar-refractivity contribution in [3.63, 3.8) is 0 Å². The van der Waals surface area contributed by atoms with Crippen molar-refractivity contribution < 1.29 is 0 Å². The second-order valence-electron chi connectivity index (χ2n) is 6.40. The van der Waals surface area contributed by atoms with E-state index in [1.54, 1.807) is 0 Å². The van der Waals surface area contributed by atoms with Gasteiger partial charge in [-0.3, -0.25) is 4.90 Å². The molecule has 0 saturated carbocycles. The predicted molar refractivity (Wildman–Crippen MR) is 83.8 cm³/mol. The van der Waals surface area contributed by atoms with E-state index in [2.05, 4.69) is 47.6 Å². The Morgan fingerprint density at radius 3 is 2.85 bits per heavy atom. The Labute approximate surface area is 123 Å². The Morgan fingerprint density at radius 1 is 1.45 bits per heavy atom. The number of aromatic nitrogens is 2. The lowest BCUT2D eigenvalue weighted by molar-refractivity contribution is 0.107. The molecule has 1 aliphatic rings. The quantitative estimate of drug-likeness (QED) is 0.864. The first kappa shape index (κ1) is 15.5. The molecule has 0 aliphatic carbocycles. The molecule has 1 saturated heterocycles. The Bertz CT molecular complexity index is 399. The SMILES string of the molecule is CCCC1CNC(C(C)C)CN1CCc1nccn1C. The summed E-state index contributed by atoms with van der Waals surface area (Å²) in [4.78, 5) is 7.13. The van der Waals surface area contributed by atoms with Crippen molar-refractivity contribution in [2.45, 2.75) is 52.1 Å². The normalized spacial score (nSPS) is 24.4. The van der Waals surface area contributed by atoms with Crippen LogP contribution in [0.4, 0.5) is 0 Å². The summed E-state index contributed by atoms with van der Waals surface area (Å²) in [5, 5.41) is 3.73. The number of nitrogens with zero attached hydrogens (tertiary/aromatic N) is 3. The van der Waals surface area contributed by atoms with Crippen molar-refractivity contribution in [3.05, 3.63) is 18.2 Å². The molecular weight excluding hydrogens is 248 g/mol. The molecule has 1 aliphatic heterocycles. The summed E-state index contributed by atoms with van der Waals surface area (Å²) >= 11 is 0. The van der Waals surface area contributed by atoms with E-state index in [1.165, 1.54) is 25.2 Å². The molecule has 1 aromatic rings. The van der Waals surface area contributed by atoms with E-state index >= 15 is 0 Å². The van der Waals surface area contributed by atoms with Crippen LogP contribution in [0.2, 0.25) is 0 Å². The average Bonchev–Trinajstić information content (AvgIpc) is 2.83. The summed E-state index contributed by atoms with van der Waals surface area (Å²) in [6, 6.07) is 1.32. The van der Waals surface area contributed by atoms with Gasteiger partial charge in [0, 0.05) is 57.6 Å². The molecule has 4 heteroatoms. The van der Waals surface area contributed by atoms with E-state index in [9.17, 15) is 0 Å². The van der Waals surface area contributed by atoms with Crippen LogP contribution in [-0.2, 0) is 13.5 Å². The smallest absolute Gasteiger partial charge is 0.109 e. The van der Waals surface area contributed by atoms with Gasteiger partial charge in [0.15, 0.2) is 0 Å². The molecule has 2 heterocycles. The topological polar surface area (TPSA) is 33.1 Å². The number of nitrogens with one attached hydrogen (secondary N) is 1. The molecule has 20 heavy (non-hydrogen) atoms. The highest BCUT2D eigenvalue weighted by atomic mass is 15.2. The molecule has 0 bridgehead atoms. The zero-order valence-electron chi connectivity index (χ0n) is 13.5. The Kier molecular flexibility index (Phi) is 5.61. The summed E-state index contributed by atoms with van der Waals surface area (Å²) in [5.74, 6) is 1.90. The Morgan fingerprint density at radius 2 is 2.25 bits per heavy atom. The van der Waals surface area contributed by atoms with Crippen molar-refractivity contribution in [1.82, 2.24) is 19.8 Å². The highest BCUT2D eigenvalue weighted by Crippen LogP contribution is 2.16. The molecule has 0 aromatic carbocycles. The Balaban J connectivity index is 1.94. The number of aryl methyl sites for hydroxylation is 1. The van der Waals surface area contributed by atoms with Gasteiger partial charge in [-0.05, 0) is 12.3 Å². The first-order chi connectivity index (χ1) is 9.61. The van der Waals surface area contributed by atoms with Crippen LogP contribution in [0.5, 0.6) is 0 Å². The third kappa shape index (κ3) is 3.83. The minimum atomic E-state index is 0.629. The fourth-order valence-electron chi connectivity index (χ4n) is 3.10. The van der Waals surface area contributed by atoms with E-state index in [4.69, 9.17) is 0 Å². The van der Waals surface area contributed by atoms with Gasteiger partial charge >= 0.3 is 0 Å². The van der Waals surface area contributed by atoms with Gasteiger partial charge < -0.3 is 9.88 Å². The van der Waals surface area contributed by atoms with E-state index in [-0.39, 0.29) is 0 Å². The van der Waals surface area contributed by atoms with Crippen LogP contribution in [0.15, 0.2) is 12.4 Å². The molecular formula is C16H30N4. The molecule has 0 radical (unpaired) electrons. The zero-order chi connectivity index (χ0) is 14.5. The minimum Gasteiger partial charge on any atom is -0.338 e. The van der Waals surface area contributed by atoms with Gasteiger partial charge in [0.2, 0.25) is 0 Å². The van der Waals surface area contributed by atoms with E-state index < -0.39 is 0 Å². The first-order valence-corrected chi connectivity index (χ1v) is 8.05. The number of rotatable bonds is 6. The van der Waals surface area contributed by atoms with Gasteiger partial charge in [-0.25, -0.2) is 4.98 Å². The van der Waals surface area contributed by atoms with Crippen LogP contribution in [0, 0.1) is 5.92 Å². The lowest BCUT2D eigenvalue weighted by atomic mass is 9.97. The van der Waals surface area contributed by atoms with Crippen molar-refractivity contribution in [3.8, 4) is 0 Å². The first-order valence-electron chi connectivity index (χ1n) is 8.05. The number of hydrogen-bond acceptors (Lipinski definition) is 3. The molecule has 0 amide bonds. The summed E-state index contributed by atoms with van der Waals surface area (Å²) in [5.41, 5.74) is 0. The summed E-state index contributed by atoms with van der Waals surface area (Å²) < 4.78 is 2.14. The molecule has 2 rings (SSSR count). The molecule has 1 aromatic heterocycles. The second kappa shape index (κ2) is 7.23. The van der Waals surface area contributed by atoms with E-state index in [0.29, 0.717) is 18.0 Å². The Hall–Kier alpha value is -0.870. The number of imidazole rings is 1. The lowest BCUT2D eigenvalue weighted by Crippen LogP contribution is -2.58. The van der Waals surface area contributed by atoms with Crippen LogP contribution in [-0.4, -0.2) is 46.2 Å². The van der Waals surface area contributed by atoms with E-state index in [1.807, 2.05) is 12.4 Å². The maximum atomic E-state index is 4.45. The average molecular weight is 278 g/mol. The van der Waals surface area contributed by atoms with Crippen LogP contribution in [0.1, 0.15) is 39.4 Å². The van der Waals surface area contributed by atoms with E-state index in [0.717, 1.165) is 19.5 Å². The van der Waals surface area contributed by atoms with Crippen molar-refractivity contribution >= 4 is 0 Å². The highest BCUT2D eigenvalue weighted by Gasteiger charge is 2.28. The van der Waals surface area contributed by atoms with Crippen LogP contribution in [0.3, 0.4) is 0 Å². The van der Waals surface area contributed by atoms with Gasteiger partial charge in [0.05, 0.1) is 0 Å². The standard InChI is InChI=1S/C16H30N4/c1-5-6-14-11-18-15(13(2)3)12-20(14)9-7-16-17-8-10-19(16)4/h8,10,13-15,18H,5-7,9,11-12H2,1-4H3. The molecule has 0 spiro atoms. The van der Waals surface area contributed by atoms with Crippen LogP contribution < -0.4 is 5.32 Å². The summed E-state index contributed by atoms with van der Waals surface area (Å²) in [7, 11) is 2.08. The van der Waals surface area contributed by atoms with Crippen LogP contribution >= 0.6 is 0 Å². The van der Waals surface area contributed by atoms with Crippen molar-refractivity contribution in [1.29, 1.82) is 0 Å². The molecule has 114 valence electrons.